The molecular weight excluding hydrogens is 316 g/mol. The molecule has 1 aromatic heterocycles. The van der Waals surface area contributed by atoms with Crippen LogP contribution in [0.4, 0.5) is 5.69 Å². The Bertz CT molecular complexity index is 952. The van der Waals surface area contributed by atoms with Gasteiger partial charge in [0.15, 0.2) is 0 Å². The van der Waals surface area contributed by atoms with Crippen molar-refractivity contribution in [2.75, 3.05) is 5.32 Å². The number of hydrogen-bond acceptors (Lipinski definition) is 3. The van der Waals surface area contributed by atoms with Crippen LogP contribution in [0, 0.1) is 13.8 Å². The molecule has 126 valence electrons. The van der Waals surface area contributed by atoms with Crippen molar-refractivity contribution in [3.63, 3.8) is 0 Å². The number of carbonyl (C=O) groups is 2. The Morgan fingerprint density at radius 1 is 1.00 bits per heavy atom. The summed E-state index contributed by atoms with van der Waals surface area (Å²) in [5.41, 5.74) is 6.48. The summed E-state index contributed by atoms with van der Waals surface area (Å²) in [4.78, 5) is 27.0. The van der Waals surface area contributed by atoms with Crippen LogP contribution < -0.4 is 10.7 Å². The number of hydrogen-bond donors (Lipinski definition) is 3. The average molecular weight is 334 g/mol. The molecule has 3 rings (SSSR count). The van der Waals surface area contributed by atoms with Gasteiger partial charge in [0.1, 0.15) is 0 Å². The predicted molar refractivity (Wildman–Crippen MR) is 98.6 cm³/mol. The van der Waals surface area contributed by atoms with E-state index in [0.29, 0.717) is 5.69 Å². The van der Waals surface area contributed by atoms with Crippen LogP contribution in [0.5, 0.6) is 0 Å². The van der Waals surface area contributed by atoms with Gasteiger partial charge in [0.2, 0.25) is 0 Å². The molecule has 2 amide bonds. The molecule has 0 bridgehead atoms. The van der Waals surface area contributed by atoms with Crippen molar-refractivity contribution < 1.29 is 9.59 Å². The molecule has 25 heavy (non-hydrogen) atoms. The summed E-state index contributed by atoms with van der Waals surface area (Å²) in [7, 11) is 0. The molecule has 2 aromatic carbocycles. The van der Waals surface area contributed by atoms with Crippen LogP contribution >= 0.6 is 0 Å². The summed E-state index contributed by atoms with van der Waals surface area (Å²) in [5.74, 6) is -1.58. The lowest BCUT2D eigenvalue weighted by atomic mass is 10.1. The van der Waals surface area contributed by atoms with Gasteiger partial charge in [0.05, 0.1) is 6.21 Å². The van der Waals surface area contributed by atoms with Crippen molar-refractivity contribution in [1.82, 2.24) is 10.4 Å². The Morgan fingerprint density at radius 3 is 2.48 bits per heavy atom. The Labute approximate surface area is 144 Å². The third kappa shape index (κ3) is 3.58. The number of nitrogens with one attached hydrogen (secondary N) is 3. The molecule has 0 aliphatic heterocycles. The van der Waals surface area contributed by atoms with Crippen molar-refractivity contribution in [1.29, 1.82) is 0 Å². The molecule has 0 radical (unpaired) electrons. The average Bonchev–Trinajstić information content (AvgIpc) is 3.01. The predicted octanol–water partition coefficient (Wildman–Crippen LogP) is 2.87. The quantitative estimate of drug-likeness (QED) is 0.391. The molecule has 3 aromatic rings. The van der Waals surface area contributed by atoms with Crippen molar-refractivity contribution >= 4 is 34.6 Å². The van der Waals surface area contributed by atoms with Crippen molar-refractivity contribution in [2.24, 2.45) is 5.10 Å². The summed E-state index contributed by atoms with van der Waals surface area (Å²) in [6.07, 6.45) is 3.29. The number of anilines is 1. The second kappa shape index (κ2) is 7.00. The highest BCUT2D eigenvalue weighted by Crippen LogP contribution is 2.19. The van der Waals surface area contributed by atoms with Crippen molar-refractivity contribution in [3.05, 3.63) is 65.4 Å². The first-order valence-electron chi connectivity index (χ1n) is 7.83. The van der Waals surface area contributed by atoms with Crippen molar-refractivity contribution in [3.8, 4) is 0 Å². The molecule has 0 saturated heterocycles. The van der Waals surface area contributed by atoms with E-state index in [9.17, 15) is 9.59 Å². The fourth-order valence-electron chi connectivity index (χ4n) is 2.59. The first kappa shape index (κ1) is 16.4. The number of hydrazone groups is 1. The highest BCUT2D eigenvalue weighted by molar-refractivity contribution is 6.39. The van der Waals surface area contributed by atoms with Gasteiger partial charge in [0.25, 0.3) is 0 Å². The van der Waals surface area contributed by atoms with E-state index in [2.05, 4.69) is 20.8 Å². The Hall–Kier alpha value is -3.41. The number of benzene rings is 2. The molecular formula is C19H18N4O2. The standard InChI is InChI=1S/C19H18N4O2/c1-12-6-5-7-13(2)17(12)22-18(24)19(25)23-21-11-14-10-20-16-9-4-3-8-15(14)16/h3-11,20H,1-2H3,(H,22,24)(H,23,25). The highest BCUT2D eigenvalue weighted by atomic mass is 16.2. The number of H-pyrrole nitrogens is 1. The molecule has 1 heterocycles. The Morgan fingerprint density at radius 2 is 1.72 bits per heavy atom. The van der Waals surface area contributed by atoms with E-state index in [1.165, 1.54) is 6.21 Å². The lowest BCUT2D eigenvalue weighted by molar-refractivity contribution is -0.136. The van der Waals surface area contributed by atoms with Gasteiger partial charge < -0.3 is 10.3 Å². The van der Waals surface area contributed by atoms with E-state index >= 15 is 0 Å². The lowest BCUT2D eigenvalue weighted by Gasteiger charge is -2.10. The SMILES string of the molecule is Cc1cccc(C)c1NC(=O)C(=O)NN=Cc1c[nH]c2ccccc12. The largest absolute Gasteiger partial charge is 0.361 e. The van der Waals surface area contributed by atoms with E-state index in [-0.39, 0.29) is 0 Å². The van der Waals surface area contributed by atoms with Gasteiger partial charge >= 0.3 is 11.8 Å². The number of amides is 2. The molecule has 0 aliphatic carbocycles. The summed E-state index contributed by atoms with van der Waals surface area (Å²) in [6.45, 7) is 3.74. The molecule has 3 N–H and O–H groups in total. The van der Waals surface area contributed by atoms with Crippen LogP contribution in [-0.4, -0.2) is 23.0 Å². The number of aromatic amines is 1. The van der Waals surface area contributed by atoms with Gasteiger partial charge in [-0.3, -0.25) is 9.59 Å². The molecule has 0 spiro atoms. The number of carbonyl (C=O) groups excluding carboxylic acids is 2. The summed E-state index contributed by atoms with van der Waals surface area (Å²) < 4.78 is 0. The van der Waals surface area contributed by atoms with E-state index in [1.807, 2.05) is 56.3 Å². The zero-order valence-electron chi connectivity index (χ0n) is 14.0. The van der Waals surface area contributed by atoms with Gasteiger partial charge in [0, 0.05) is 28.4 Å². The Balaban J connectivity index is 1.65. The van der Waals surface area contributed by atoms with Crippen LogP contribution in [-0.2, 0) is 9.59 Å². The van der Waals surface area contributed by atoms with E-state index in [0.717, 1.165) is 27.6 Å². The van der Waals surface area contributed by atoms with Gasteiger partial charge in [-0.05, 0) is 31.0 Å². The topological polar surface area (TPSA) is 86.3 Å². The number of aryl methyl sites for hydroxylation is 2. The zero-order valence-corrected chi connectivity index (χ0v) is 14.0. The number of fused-ring (bicyclic) bond motifs is 1. The summed E-state index contributed by atoms with van der Waals surface area (Å²) in [6, 6.07) is 13.4. The fourth-order valence-corrected chi connectivity index (χ4v) is 2.59. The molecule has 0 fully saturated rings. The molecule has 0 saturated carbocycles. The Kier molecular flexibility index (Phi) is 4.61. The maximum absolute atomic E-state index is 12.0. The second-order valence-electron chi connectivity index (χ2n) is 5.71. The van der Waals surface area contributed by atoms with Gasteiger partial charge in [-0.15, -0.1) is 0 Å². The molecule has 6 heteroatoms. The smallest absolute Gasteiger partial charge is 0.329 e. The maximum atomic E-state index is 12.0. The van der Waals surface area contributed by atoms with E-state index in [4.69, 9.17) is 0 Å². The number of para-hydroxylation sites is 2. The van der Waals surface area contributed by atoms with E-state index < -0.39 is 11.8 Å². The normalized spacial score (nSPS) is 11.0. The minimum Gasteiger partial charge on any atom is -0.361 e. The molecule has 0 atom stereocenters. The van der Waals surface area contributed by atoms with Crippen LogP contribution in [0.15, 0.2) is 53.8 Å². The first-order valence-corrected chi connectivity index (χ1v) is 7.83. The van der Waals surface area contributed by atoms with Crippen LogP contribution in [0.2, 0.25) is 0 Å². The molecule has 0 aliphatic rings. The van der Waals surface area contributed by atoms with Crippen LogP contribution in [0.3, 0.4) is 0 Å². The summed E-state index contributed by atoms with van der Waals surface area (Å²) in [5, 5.41) is 7.47. The maximum Gasteiger partial charge on any atom is 0.329 e. The van der Waals surface area contributed by atoms with Crippen LogP contribution in [0.1, 0.15) is 16.7 Å². The third-order valence-corrected chi connectivity index (χ3v) is 3.92. The summed E-state index contributed by atoms with van der Waals surface area (Å²) >= 11 is 0. The lowest BCUT2D eigenvalue weighted by Crippen LogP contribution is -2.32. The molecule has 0 unspecified atom stereocenters. The minimum atomic E-state index is -0.821. The van der Waals surface area contributed by atoms with Gasteiger partial charge in [-0.25, -0.2) is 5.43 Å². The number of nitrogens with zero attached hydrogens (tertiary/aromatic N) is 1. The number of rotatable bonds is 3. The first-order chi connectivity index (χ1) is 12.1. The number of aromatic nitrogens is 1. The zero-order chi connectivity index (χ0) is 17.8. The van der Waals surface area contributed by atoms with Gasteiger partial charge in [-0.2, -0.15) is 5.10 Å². The van der Waals surface area contributed by atoms with Crippen molar-refractivity contribution in [2.45, 2.75) is 13.8 Å². The highest BCUT2D eigenvalue weighted by Gasteiger charge is 2.15. The fraction of sp³-hybridized carbons (Fsp3) is 0.105. The molecule has 6 nitrogen and oxygen atoms in total. The third-order valence-electron chi connectivity index (χ3n) is 3.92. The van der Waals surface area contributed by atoms with Gasteiger partial charge in [-0.1, -0.05) is 36.4 Å². The van der Waals surface area contributed by atoms with Crippen LogP contribution in [0.25, 0.3) is 10.9 Å². The monoisotopic (exact) mass is 334 g/mol. The van der Waals surface area contributed by atoms with E-state index in [1.54, 1.807) is 6.20 Å². The second-order valence-corrected chi connectivity index (χ2v) is 5.71. The minimum absolute atomic E-state index is 0.642.